The number of fused-ring (bicyclic) bond motifs is 2. The maximum absolute atomic E-state index is 16.1. The van der Waals surface area contributed by atoms with Crippen molar-refractivity contribution in [3.8, 4) is 0 Å². The van der Waals surface area contributed by atoms with Crippen molar-refractivity contribution in [3.63, 3.8) is 0 Å². The highest BCUT2D eigenvalue weighted by Crippen LogP contribution is 2.60. The van der Waals surface area contributed by atoms with Crippen molar-refractivity contribution in [2.24, 2.45) is 0 Å². The third-order valence-corrected chi connectivity index (χ3v) is 8.49. The number of ether oxygens (including phenoxy) is 2. The van der Waals surface area contributed by atoms with Crippen molar-refractivity contribution in [2.75, 3.05) is 26.4 Å². The highest BCUT2D eigenvalue weighted by Gasteiger charge is 2.53. The van der Waals surface area contributed by atoms with Crippen LogP contribution in [0.4, 0.5) is 8.78 Å². The van der Waals surface area contributed by atoms with Gasteiger partial charge < -0.3 is 24.5 Å². The molecule has 16 nitrogen and oxygen atoms in total. The van der Waals surface area contributed by atoms with Gasteiger partial charge in [0, 0.05) is 0 Å². The number of alkyl halides is 2. The molecule has 0 saturated carbocycles. The van der Waals surface area contributed by atoms with Gasteiger partial charge in [-0.3, -0.25) is 9.13 Å². The monoisotopic (exact) mass is 649 g/mol. The number of hydrogen-bond donors (Lipinski definition) is 2. The molecule has 0 aliphatic carbocycles. The first-order valence-electron chi connectivity index (χ1n) is 13.5. The average molecular weight is 649 g/mol. The number of aryl methyl sites for hydroxylation is 2. The summed E-state index contributed by atoms with van der Waals surface area (Å²) in [6.07, 6.45) is -5.82. The summed E-state index contributed by atoms with van der Waals surface area (Å²) in [5.74, 6) is 0. The second-order valence-corrected chi connectivity index (χ2v) is 11.2. The summed E-state index contributed by atoms with van der Waals surface area (Å²) in [5.41, 5.74) is 2.86. The lowest BCUT2D eigenvalue weighted by atomic mass is 10.1. The van der Waals surface area contributed by atoms with E-state index in [1.54, 1.807) is 13.8 Å². The smallest absolute Gasteiger partial charge is 0.242 e. The second kappa shape index (κ2) is 12.8. The molecular formula is C25H31BF2N9O7P. The molecule has 3 unspecified atom stereocenters. The molecule has 9 atom stereocenters. The van der Waals surface area contributed by atoms with E-state index in [1.165, 1.54) is 34.4 Å². The molecule has 0 aromatic carbocycles. The van der Waals surface area contributed by atoms with E-state index in [0.717, 1.165) is 0 Å². The van der Waals surface area contributed by atoms with E-state index in [4.69, 9.17) is 29.6 Å². The lowest BCUT2D eigenvalue weighted by Crippen LogP contribution is -2.36. The summed E-state index contributed by atoms with van der Waals surface area (Å²) in [6, 6.07) is 0. The summed E-state index contributed by atoms with van der Waals surface area (Å²) >= 11 is 0. The van der Waals surface area contributed by atoms with E-state index in [-0.39, 0.29) is 19.8 Å². The molecule has 45 heavy (non-hydrogen) atoms. The molecule has 0 amide bonds. The standard InChI is InChI=1S/C25H31BF2N9O7P/c1-12-18-22(32-8-30-12)36(10-34-18)24-16(27)20(39)15(43-24)7-41-45(26,40-5-4-29-3)44-21-14(6-38)42-25(17(21)28)37-11-35-19-13(2)31-9-33-23(19)37/h8-11,14-17,20-21,24-25,38-39H,4-7H2,1-2,26H3/t14-,15-,16+,17+,20?,21?,24-,25-,45?/m1/s1. The van der Waals surface area contributed by atoms with Gasteiger partial charge in [-0.2, -0.15) is 0 Å². The van der Waals surface area contributed by atoms with Crippen LogP contribution in [0.1, 0.15) is 23.8 Å². The van der Waals surface area contributed by atoms with E-state index >= 15 is 8.78 Å². The fourth-order valence-electron chi connectivity index (χ4n) is 5.06. The van der Waals surface area contributed by atoms with Crippen molar-refractivity contribution in [2.45, 2.75) is 63.1 Å². The molecule has 2 aliphatic rings. The summed E-state index contributed by atoms with van der Waals surface area (Å²) in [4.78, 5) is 28.4. The van der Waals surface area contributed by atoms with Crippen molar-refractivity contribution in [1.29, 1.82) is 0 Å². The Morgan fingerprint density at radius 1 is 0.933 bits per heavy atom. The van der Waals surface area contributed by atoms with Crippen molar-refractivity contribution in [1.82, 2.24) is 39.0 Å². The molecule has 2 N–H and O–H groups in total. The van der Waals surface area contributed by atoms with Gasteiger partial charge in [-0.1, -0.05) is 0 Å². The summed E-state index contributed by atoms with van der Waals surface area (Å²) in [5, 5.41) is 20.8. The Hall–Kier alpha value is -3.34. The normalized spacial score (nSPS) is 29.8. The van der Waals surface area contributed by atoms with Crippen molar-refractivity contribution < 1.29 is 42.0 Å². The Kier molecular flexibility index (Phi) is 9.01. The number of aromatic nitrogens is 8. The third-order valence-electron chi connectivity index (χ3n) is 7.32. The number of hydrogen-bond acceptors (Lipinski definition) is 13. The van der Waals surface area contributed by atoms with Crippen molar-refractivity contribution in [3.05, 3.63) is 48.1 Å². The molecule has 0 bridgehead atoms. The minimum atomic E-state index is -3.25. The zero-order chi connectivity index (χ0) is 31.9. The van der Waals surface area contributed by atoms with Gasteiger partial charge in [0.15, 0.2) is 48.8 Å². The Bertz CT molecular complexity index is 1710. The molecule has 0 radical (unpaired) electrons. The number of aliphatic hydroxyl groups is 2. The van der Waals surface area contributed by atoms with E-state index in [2.05, 4.69) is 34.7 Å². The maximum atomic E-state index is 16.1. The number of rotatable bonds is 11. The fraction of sp³-hybridized carbons (Fsp3) is 0.560. The van der Waals surface area contributed by atoms with Crippen LogP contribution in [0.15, 0.2) is 25.3 Å². The van der Waals surface area contributed by atoms with Gasteiger partial charge in [-0.15, -0.1) is 0 Å². The van der Waals surface area contributed by atoms with Gasteiger partial charge in [-0.05, 0) is 13.8 Å². The van der Waals surface area contributed by atoms with Crippen LogP contribution in [0.25, 0.3) is 27.2 Å². The number of aliphatic hydroxyl groups excluding tert-OH is 2. The molecule has 240 valence electrons. The fourth-order valence-corrected chi connectivity index (χ4v) is 6.21. The van der Waals surface area contributed by atoms with Gasteiger partial charge in [0.1, 0.15) is 48.6 Å². The first-order chi connectivity index (χ1) is 21.7. The Morgan fingerprint density at radius 2 is 1.51 bits per heavy atom. The molecule has 2 fully saturated rings. The second-order valence-electron chi connectivity index (χ2n) is 10.1. The molecule has 2 saturated heterocycles. The number of halogens is 2. The van der Waals surface area contributed by atoms with E-state index in [1.807, 2.05) is 0 Å². The van der Waals surface area contributed by atoms with Gasteiger partial charge in [-0.25, -0.2) is 58.8 Å². The molecule has 6 rings (SSSR count). The van der Waals surface area contributed by atoms with Crippen LogP contribution in [-0.2, 0) is 23.0 Å². The van der Waals surface area contributed by atoms with E-state index < -0.39 is 71.2 Å². The van der Waals surface area contributed by atoms with Crippen molar-refractivity contribution >= 4 is 37.7 Å². The Labute approximate surface area is 256 Å². The van der Waals surface area contributed by atoms with E-state index in [0.29, 0.717) is 33.7 Å². The molecule has 4 aromatic rings. The lowest BCUT2D eigenvalue weighted by molar-refractivity contribution is -0.0544. The average Bonchev–Trinajstić information content (AvgIpc) is 3.79. The third kappa shape index (κ3) is 5.88. The molecule has 6 heterocycles. The molecule has 0 spiro atoms. The quantitative estimate of drug-likeness (QED) is 0.0994. The number of imidazole rings is 2. The van der Waals surface area contributed by atoms with Gasteiger partial charge in [0.2, 0.25) is 21.9 Å². The minimum absolute atomic E-state index is 0.000848. The highest BCUT2D eigenvalue weighted by molar-refractivity contribution is 7.85. The predicted octanol–water partition coefficient (Wildman–Crippen LogP) is 0.488. The molecule has 4 aromatic heterocycles. The van der Waals surface area contributed by atoms with Crippen LogP contribution >= 0.6 is 7.82 Å². The maximum Gasteiger partial charge on any atom is 0.242 e. The van der Waals surface area contributed by atoms with Gasteiger partial charge in [0.05, 0.1) is 30.6 Å². The van der Waals surface area contributed by atoms with Crippen LogP contribution in [0.5, 0.6) is 0 Å². The van der Waals surface area contributed by atoms with Crippen LogP contribution < -0.4 is 0 Å². The summed E-state index contributed by atoms with van der Waals surface area (Å²) < 4.78 is 64.3. The lowest BCUT2D eigenvalue weighted by Gasteiger charge is -2.30. The first kappa shape index (κ1) is 31.6. The van der Waals surface area contributed by atoms with Crippen LogP contribution in [-0.4, -0.2) is 120 Å². The zero-order valence-corrected chi connectivity index (χ0v) is 24.3. The predicted molar refractivity (Wildman–Crippen MR) is 156 cm³/mol. The Morgan fingerprint density at radius 3 is 2.09 bits per heavy atom. The van der Waals surface area contributed by atoms with E-state index in [9.17, 15) is 10.2 Å². The van der Waals surface area contributed by atoms with Crippen LogP contribution in [0, 0.1) is 20.4 Å². The van der Waals surface area contributed by atoms with Gasteiger partial charge >= 0.3 is 0 Å². The first-order valence-corrected chi connectivity index (χ1v) is 14.6. The minimum Gasteiger partial charge on any atom is -0.394 e. The van der Waals surface area contributed by atoms with Crippen LogP contribution in [0.3, 0.4) is 0 Å². The molecule has 20 heteroatoms. The zero-order valence-electron chi connectivity index (χ0n) is 23.4. The molecular weight excluding hydrogens is 618 g/mol. The summed E-state index contributed by atoms with van der Waals surface area (Å²) in [7, 11) is -4.27. The largest absolute Gasteiger partial charge is 0.394 e. The summed E-state index contributed by atoms with van der Waals surface area (Å²) in [6.45, 7) is 9.65. The highest BCUT2D eigenvalue weighted by atomic mass is 31.2. The SMILES string of the molecule is [BH3-][P+](OCC[N+]#[C-])(OC[C@H]1O[C@@H](n2cnc3c(C)ncnc32)[C@@H](F)C1O)OC1[C@@H](CO)O[C@@H](n2cnc3c(C)ncnc32)[C@H]1F. The topological polar surface area (TPSA) is 178 Å². The Balaban J connectivity index is 1.19. The molecule has 2 aliphatic heterocycles. The van der Waals surface area contributed by atoms with Crippen LogP contribution in [0.2, 0.25) is 0 Å². The van der Waals surface area contributed by atoms with Gasteiger partial charge in [0.25, 0.3) is 0 Å². The number of nitrogens with zero attached hydrogens (tertiary/aromatic N) is 9.